The van der Waals surface area contributed by atoms with E-state index in [0.717, 1.165) is 18.1 Å². The van der Waals surface area contributed by atoms with E-state index in [-0.39, 0.29) is 6.04 Å². The maximum atomic E-state index is 5.63. The van der Waals surface area contributed by atoms with Crippen molar-refractivity contribution >= 4 is 11.8 Å². The van der Waals surface area contributed by atoms with E-state index in [1.165, 1.54) is 0 Å². The summed E-state index contributed by atoms with van der Waals surface area (Å²) >= 11 is 1.93. The molecular formula is C6H13NOS. The molecule has 0 bridgehead atoms. The average Bonchev–Trinajstić information content (AvgIpc) is 1.90. The Morgan fingerprint density at radius 1 is 1.78 bits per heavy atom. The van der Waals surface area contributed by atoms with Crippen molar-refractivity contribution in [3.63, 3.8) is 0 Å². The van der Waals surface area contributed by atoms with Crippen molar-refractivity contribution in [2.24, 2.45) is 5.73 Å². The molecule has 1 heterocycles. The maximum Gasteiger partial charge on any atom is 0.0813 e. The molecule has 54 valence electrons. The Morgan fingerprint density at radius 3 is 2.89 bits per heavy atom. The number of rotatable bonds is 1. The van der Waals surface area contributed by atoms with E-state index >= 15 is 0 Å². The van der Waals surface area contributed by atoms with E-state index in [1.54, 1.807) is 0 Å². The lowest BCUT2D eigenvalue weighted by Gasteiger charge is -2.24. The summed E-state index contributed by atoms with van der Waals surface area (Å²) in [6.07, 6.45) is 0.295. The van der Waals surface area contributed by atoms with Gasteiger partial charge in [0.25, 0.3) is 0 Å². The lowest BCUT2D eigenvalue weighted by atomic mass is 10.2. The highest BCUT2D eigenvalue weighted by molar-refractivity contribution is 7.99. The standard InChI is InChI=1S/C6H13NOS/c1-5(7)6-4-9-3-2-8-6/h5-6H,2-4,7H2,1H3/t5-,6?/m0/s1. The average molecular weight is 147 g/mol. The van der Waals surface area contributed by atoms with Gasteiger partial charge in [0.05, 0.1) is 12.7 Å². The molecule has 2 atom stereocenters. The SMILES string of the molecule is C[C@H](N)C1CSCCO1. The Kier molecular flexibility index (Phi) is 2.82. The minimum atomic E-state index is 0.192. The topological polar surface area (TPSA) is 35.2 Å². The van der Waals surface area contributed by atoms with Crippen LogP contribution in [0.25, 0.3) is 0 Å². The molecule has 0 aromatic carbocycles. The zero-order valence-corrected chi connectivity index (χ0v) is 6.49. The van der Waals surface area contributed by atoms with Crippen LogP contribution in [0.3, 0.4) is 0 Å². The molecule has 0 aliphatic carbocycles. The highest BCUT2D eigenvalue weighted by Gasteiger charge is 2.17. The summed E-state index contributed by atoms with van der Waals surface area (Å²) in [5, 5.41) is 0. The summed E-state index contributed by atoms with van der Waals surface area (Å²) in [6.45, 7) is 2.87. The largest absolute Gasteiger partial charge is 0.375 e. The van der Waals surface area contributed by atoms with Gasteiger partial charge in [-0.3, -0.25) is 0 Å². The molecule has 0 radical (unpaired) electrons. The molecule has 1 rings (SSSR count). The smallest absolute Gasteiger partial charge is 0.0813 e. The fraction of sp³-hybridized carbons (Fsp3) is 1.00. The monoisotopic (exact) mass is 147 g/mol. The first-order chi connectivity index (χ1) is 4.30. The van der Waals surface area contributed by atoms with Gasteiger partial charge in [-0.25, -0.2) is 0 Å². The van der Waals surface area contributed by atoms with Crippen LogP contribution in [0.2, 0.25) is 0 Å². The normalized spacial score (nSPS) is 32.0. The molecule has 0 aromatic heterocycles. The van der Waals surface area contributed by atoms with E-state index in [0.29, 0.717) is 6.10 Å². The first-order valence-corrected chi connectivity index (χ1v) is 4.41. The van der Waals surface area contributed by atoms with Crippen LogP contribution in [0.15, 0.2) is 0 Å². The summed E-state index contributed by atoms with van der Waals surface area (Å²) < 4.78 is 5.39. The van der Waals surface area contributed by atoms with E-state index < -0.39 is 0 Å². The maximum absolute atomic E-state index is 5.63. The van der Waals surface area contributed by atoms with Gasteiger partial charge in [-0.15, -0.1) is 0 Å². The Hall–Kier alpha value is 0.270. The fourth-order valence-corrected chi connectivity index (χ4v) is 1.82. The Morgan fingerprint density at radius 2 is 2.56 bits per heavy atom. The summed E-state index contributed by atoms with van der Waals surface area (Å²) in [4.78, 5) is 0. The Labute approximate surface area is 60.1 Å². The van der Waals surface area contributed by atoms with Crippen LogP contribution in [0.5, 0.6) is 0 Å². The van der Waals surface area contributed by atoms with Crippen LogP contribution >= 0.6 is 11.8 Å². The number of ether oxygens (including phenoxy) is 1. The molecule has 3 heteroatoms. The zero-order valence-electron chi connectivity index (χ0n) is 5.67. The van der Waals surface area contributed by atoms with Crippen molar-refractivity contribution in [2.75, 3.05) is 18.1 Å². The Bertz CT molecular complexity index is 81.1. The lowest BCUT2D eigenvalue weighted by Crippen LogP contribution is -2.38. The van der Waals surface area contributed by atoms with E-state index in [1.807, 2.05) is 18.7 Å². The number of thioether (sulfide) groups is 1. The third-order valence-corrected chi connectivity index (χ3v) is 2.45. The van der Waals surface area contributed by atoms with E-state index in [9.17, 15) is 0 Å². The van der Waals surface area contributed by atoms with Crippen molar-refractivity contribution in [1.29, 1.82) is 0 Å². The second-order valence-electron chi connectivity index (χ2n) is 2.34. The van der Waals surface area contributed by atoms with Crippen molar-refractivity contribution in [3.05, 3.63) is 0 Å². The first kappa shape index (κ1) is 7.38. The van der Waals surface area contributed by atoms with Crippen molar-refractivity contribution < 1.29 is 4.74 Å². The molecular weight excluding hydrogens is 134 g/mol. The Balaban J connectivity index is 2.23. The minimum absolute atomic E-state index is 0.192. The molecule has 1 fully saturated rings. The van der Waals surface area contributed by atoms with Crippen molar-refractivity contribution in [1.82, 2.24) is 0 Å². The number of nitrogens with two attached hydrogens (primary N) is 1. The second kappa shape index (κ2) is 3.44. The molecule has 1 saturated heterocycles. The predicted octanol–water partition coefficient (Wildman–Crippen LogP) is 0.466. The molecule has 0 amide bonds. The molecule has 9 heavy (non-hydrogen) atoms. The molecule has 0 aromatic rings. The fourth-order valence-electron chi connectivity index (χ4n) is 0.810. The lowest BCUT2D eigenvalue weighted by molar-refractivity contribution is 0.0613. The summed E-state index contributed by atoms with van der Waals surface area (Å²) in [7, 11) is 0. The quantitative estimate of drug-likeness (QED) is 0.585. The van der Waals surface area contributed by atoms with Gasteiger partial charge in [-0.05, 0) is 6.92 Å². The zero-order chi connectivity index (χ0) is 6.69. The van der Waals surface area contributed by atoms with Gasteiger partial charge in [0.1, 0.15) is 0 Å². The van der Waals surface area contributed by atoms with Crippen LogP contribution in [-0.2, 0) is 4.74 Å². The van der Waals surface area contributed by atoms with Crippen molar-refractivity contribution in [2.45, 2.75) is 19.1 Å². The van der Waals surface area contributed by atoms with Gasteiger partial charge in [0.15, 0.2) is 0 Å². The molecule has 2 nitrogen and oxygen atoms in total. The van der Waals surface area contributed by atoms with Gasteiger partial charge in [0, 0.05) is 17.5 Å². The number of hydrogen-bond acceptors (Lipinski definition) is 3. The van der Waals surface area contributed by atoms with Crippen LogP contribution < -0.4 is 5.73 Å². The first-order valence-electron chi connectivity index (χ1n) is 3.25. The van der Waals surface area contributed by atoms with Gasteiger partial charge in [-0.1, -0.05) is 0 Å². The van der Waals surface area contributed by atoms with Gasteiger partial charge in [-0.2, -0.15) is 11.8 Å². The third-order valence-electron chi connectivity index (χ3n) is 1.43. The summed E-state index contributed by atoms with van der Waals surface area (Å²) in [5.41, 5.74) is 5.63. The highest BCUT2D eigenvalue weighted by Crippen LogP contribution is 2.13. The molecule has 1 aliphatic heterocycles. The second-order valence-corrected chi connectivity index (χ2v) is 3.49. The van der Waals surface area contributed by atoms with Crippen molar-refractivity contribution in [3.8, 4) is 0 Å². The molecule has 2 N–H and O–H groups in total. The highest BCUT2D eigenvalue weighted by atomic mass is 32.2. The van der Waals surface area contributed by atoms with Crippen LogP contribution in [-0.4, -0.2) is 30.3 Å². The van der Waals surface area contributed by atoms with Gasteiger partial charge in [0.2, 0.25) is 0 Å². The minimum Gasteiger partial charge on any atom is -0.375 e. The molecule has 1 aliphatic rings. The predicted molar refractivity (Wildman–Crippen MR) is 40.7 cm³/mol. The third kappa shape index (κ3) is 2.16. The number of hydrogen-bond donors (Lipinski definition) is 1. The molecule has 1 unspecified atom stereocenters. The van der Waals surface area contributed by atoms with Crippen LogP contribution in [0, 0.1) is 0 Å². The van der Waals surface area contributed by atoms with Crippen LogP contribution in [0.4, 0.5) is 0 Å². The van der Waals surface area contributed by atoms with Crippen LogP contribution in [0.1, 0.15) is 6.92 Å². The van der Waals surface area contributed by atoms with E-state index in [2.05, 4.69) is 0 Å². The van der Waals surface area contributed by atoms with E-state index in [4.69, 9.17) is 10.5 Å². The molecule has 0 spiro atoms. The van der Waals surface area contributed by atoms with Gasteiger partial charge >= 0.3 is 0 Å². The summed E-state index contributed by atoms with van der Waals surface area (Å²) in [6, 6.07) is 0.192. The van der Waals surface area contributed by atoms with Gasteiger partial charge < -0.3 is 10.5 Å². The molecule has 0 saturated carbocycles. The summed E-state index contributed by atoms with van der Waals surface area (Å²) in [5.74, 6) is 2.20.